The highest BCUT2D eigenvalue weighted by molar-refractivity contribution is 5.77. The predicted molar refractivity (Wildman–Crippen MR) is 83.4 cm³/mol. The molecule has 0 fully saturated rings. The second-order valence-corrected chi connectivity index (χ2v) is 5.04. The first-order valence-electron chi connectivity index (χ1n) is 7.36. The van der Waals surface area contributed by atoms with E-state index in [2.05, 4.69) is 17.6 Å². The van der Waals surface area contributed by atoms with Crippen molar-refractivity contribution < 1.29 is 14.3 Å². The molecule has 0 radical (unpaired) electrons. The molecule has 1 rings (SSSR count). The third kappa shape index (κ3) is 7.68. The lowest BCUT2D eigenvalue weighted by atomic mass is 10.2. The Balaban J connectivity index is 2.37. The van der Waals surface area contributed by atoms with Crippen LogP contribution in [0.3, 0.4) is 0 Å². The first-order valence-corrected chi connectivity index (χ1v) is 7.36. The Labute approximate surface area is 127 Å². The van der Waals surface area contributed by atoms with Gasteiger partial charge in [0.1, 0.15) is 5.75 Å². The Kier molecular flexibility index (Phi) is 8.47. The van der Waals surface area contributed by atoms with Gasteiger partial charge in [0.25, 0.3) is 5.91 Å². The van der Waals surface area contributed by atoms with Crippen molar-refractivity contribution in [2.45, 2.75) is 32.9 Å². The van der Waals surface area contributed by atoms with Gasteiger partial charge in [-0.15, -0.1) is 0 Å². The minimum Gasteiger partial charge on any atom is -0.484 e. The summed E-state index contributed by atoms with van der Waals surface area (Å²) in [6.07, 6.45) is 1.11. The number of ether oxygens (including phenoxy) is 2. The third-order valence-electron chi connectivity index (χ3n) is 2.85. The Morgan fingerprint density at radius 2 is 2.19 bits per heavy atom. The largest absolute Gasteiger partial charge is 0.484 e. The van der Waals surface area contributed by atoms with Crippen molar-refractivity contribution in [3.05, 3.63) is 29.8 Å². The van der Waals surface area contributed by atoms with E-state index in [9.17, 15) is 4.79 Å². The van der Waals surface area contributed by atoms with E-state index < -0.39 is 0 Å². The van der Waals surface area contributed by atoms with Gasteiger partial charge in [0.05, 0.1) is 6.61 Å². The summed E-state index contributed by atoms with van der Waals surface area (Å²) in [4.78, 5) is 11.7. The topological polar surface area (TPSA) is 59.6 Å². The summed E-state index contributed by atoms with van der Waals surface area (Å²) in [6, 6.07) is 7.76. The fraction of sp³-hybridized carbons (Fsp3) is 0.562. The van der Waals surface area contributed by atoms with E-state index in [-0.39, 0.29) is 18.6 Å². The van der Waals surface area contributed by atoms with Gasteiger partial charge in [-0.25, -0.2) is 0 Å². The molecule has 0 saturated carbocycles. The molecular formula is C16H26N2O3. The van der Waals surface area contributed by atoms with E-state index in [1.807, 2.05) is 31.2 Å². The Hall–Kier alpha value is -1.59. The molecular weight excluding hydrogens is 268 g/mol. The number of hydrogen-bond donors (Lipinski definition) is 2. The highest BCUT2D eigenvalue weighted by Gasteiger charge is 2.07. The summed E-state index contributed by atoms with van der Waals surface area (Å²) in [6.45, 7) is 6.33. The van der Waals surface area contributed by atoms with Crippen LogP contribution < -0.4 is 15.4 Å². The molecule has 118 valence electrons. The van der Waals surface area contributed by atoms with Crippen molar-refractivity contribution in [3.63, 3.8) is 0 Å². The molecule has 0 heterocycles. The number of methoxy groups -OCH3 is 1. The lowest BCUT2D eigenvalue weighted by Crippen LogP contribution is -2.38. The molecule has 0 aliphatic heterocycles. The molecule has 1 aromatic rings. The van der Waals surface area contributed by atoms with E-state index in [1.54, 1.807) is 7.11 Å². The summed E-state index contributed by atoms with van der Waals surface area (Å²) in [5.41, 5.74) is 1.15. The van der Waals surface area contributed by atoms with Crippen LogP contribution in [0, 0.1) is 0 Å². The summed E-state index contributed by atoms with van der Waals surface area (Å²) < 4.78 is 10.5. The first-order chi connectivity index (χ1) is 10.2. The van der Waals surface area contributed by atoms with Crippen molar-refractivity contribution in [2.24, 2.45) is 0 Å². The van der Waals surface area contributed by atoms with Gasteiger partial charge >= 0.3 is 0 Å². The van der Waals surface area contributed by atoms with Crippen molar-refractivity contribution >= 4 is 5.91 Å². The molecule has 1 unspecified atom stereocenters. The monoisotopic (exact) mass is 294 g/mol. The molecule has 1 amide bonds. The summed E-state index contributed by atoms with van der Waals surface area (Å²) in [7, 11) is 1.61. The van der Waals surface area contributed by atoms with Crippen LogP contribution >= 0.6 is 0 Å². The van der Waals surface area contributed by atoms with Crippen LogP contribution in [0.4, 0.5) is 0 Å². The molecule has 5 nitrogen and oxygen atoms in total. The van der Waals surface area contributed by atoms with Crippen LogP contribution in [0.25, 0.3) is 0 Å². The maximum absolute atomic E-state index is 11.7. The molecule has 21 heavy (non-hydrogen) atoms. The smallest absolute Gasteiger partial charge is 0.258 e. The average molecular weight is 294 g/mol. The third-order valence-corrected chi connectivity index (χ3v) is 2.85. The minimum atomic E-state index is -0.144. The zero-order valence-corrected chi connectivity index (χ0v) is 13.1. The van der Waals surface area contributed by atoms with E-state index in [0.29, 0.717) is 12.4 Å². The van der Waals surface area contributed by atoms with Gasteiger partial charge in [0.2, 0.25) is 0 Å². The maximum Gasteiger partial charge on any atom is 0.258 e. The molecule has 0 aliphatic rings. The van der Waals surface area contributed by atoms with E-state index in [4.69, 9.17) is 9.47 Å². The molecule has 5 heteroatoms. The summed E-state index contributed by atoms with van der Waals surface area (Å²) >= 11 is 0. The second kappa shape index (κ2) is 10.2. The molecule has 0 bridgehead atoms. The molecule has 0 aliphatic carbocycles. The normalized spacial score (nSPS) is 12.0. The van der Waals surface area contributed by atoms with Crippen molar-refractivity contribution in [1.82, 2.24) is 10.6 Å². The zero-order valence-electron chi connectivity index (χ0n) is 13.1. The summed E-state index contributed by atoms with van der Waals surface area (Å²) in [5.74, 6) is 0.564. The number of rotatable bonds is 10. The van der Waals surface area contributed by atoms with Crippen LogP contribution in [0.1, 0.15) is 25.8 Å². The van der Waals surface area contributed by atoms with Gasteiger partial charge < -0.3 is 20.1 Å². The second-order valence-electron chi connectivity index (χ2n) is 5.04. The fourth-order valence-electron chi connectivity index (χ4n) is 1.91. The van der Waals surface area contributed by atoms with Crippen LogP contribution in [0.15, 0.2) is 24.3 Å². The minimum absolute atomic E-state index is 0.0138. The Morgan fingerprint density at radius 3 is 2.90 bits per heavy atom. The predicted octanol–water partition coefficient (Wildman–Crippen LogP) is 1.72. The highest BCUT2D eigenvalue weighted by Crippen LogP contribution is 2.13. The van der Waals surface area contributed by atoms with Crippen LogP contribution in [0.5, 0.6) is 5.75 Å². The number of amides is 1. The fourth-order valence-corrected chi connectivity index (χ4v) is 1.91. The van der Waals surface area contributed by atoms with Crippen molar-refractivity contribution in [3.8, 4) is 5.75 Å². The zero-order chi connectivity index (χ0) is 15.5. The average Bonchev–Trinajstić information content (AvgIpc) is 2.46. The van der Waals surface area contributed by atoms with Crippen LogP contribution in [-0.4, -0.2) is 38.8 Å². The maximum atomic E-state index is 11.7. The Bertz CT molecular complexity index is 424. The number of carbonyl (C=O) groups excluding carboxylic acids is 1. The molecule has 0 aromatic heterocycles. The highest BCUT2D eigenvalue weighted by atomic mass is 16.5. The number of hydrogen-bond acceptors (Lipinski definition) is 4. The number of carbonyl (C=O) groups is 1. The van der Waals surface area contributed by atoms with E-state index >= 15 is 0 Å². The quantitative estimate of drug-likeness (QED) is 0.645. The van der Waals surface area contributed by atoms with Crippen molar-refractivity contribution in [2.75, 3.05) is 26.9 Å². The molecule has 2 N–H and O–H groups in total. The SMILES string of the molecule is CCCNCc1cccc(OCC(=O)NC(C)COC)c1. The van der Waals surface area contributed by atoms with Crippen LogP contribution in [-0.2, 0) is 16.1 Å². The molecule has 0 spiro atoms. The van der Waals surface area contributed by atoms with Gasteiger partial charge in [0, 0.05) is 19.7 Å². The molecule has 0 saturated heterocycles. The Morgan fingerprint density at radius 1 is 1.38 bits per heavy atom. The number of nitrogens with one attached hydrogen (secondary N) is 2. The standard InChI is InChI=1S/C16H26N2O3/c1-4-8-17-10-14-6-5-7-15(9-14)21-12-16(19)18-13(2)11-20-3/h5-7,9,13,17H,4,8,10-12H2,1-3H3,(H,18,19). The van der Waals surface area contributed by atoms with Crippen LogP contribution in [0.2, 0.25) is 0 Å². The summed E-state index contributed by atoms with van der Waals surface area (Å²) in [5, 5.41) is 6.14. The van der Waals surface area contributed by atoms with Gasteiger partial charge in [-0.3, -0.25) is 4.79 Å². The molecule has 1 atom stereocenters. The lowest BCUT2D eigenvalue weighted by Gasteiger charge is -2.13. The van der Waals surface area contributed by atoms with Gasteiger partial charge in [-0.1, -0.05) is 19.1 Å². The van der Waals surface area contributed by atoms with Gasteiger partial charge in [-0.2, -0.15) is 0 Å². The molecule has 1 aromatic carbocycles. The van der Waals surface area contributed by atoms with Gasteiger partial charge in [-0.05, 0) is 37.6 Å². The lowest BCUT2D eigenvalue weighted by molar-refractivity contribution is -0.124. The van der Waals surface area contributed by atoms with E-state index in [1.165, 1.54) is 0 Å². The van der Waals surface area contributed by atoms with E-state index in [0.717, 1.165) is 25.1 Å². The number of benzene rings is 1. The van der Waals surface area contributed by atoms with Gasteiger partial charge in [0.15, 0.2) is 6.61 Å². The van der Waals surface area contributed by atoms with Crippen molar-refractivity contribution in [1.29, 1.82) is 0 Å². The first kappa shape index (κ1) is 17.5.